The number of nitrogens with zero attached hydrogens (tertiary/aromatic N) is 2. The van der Waals surface area contributed by atoms with Crippen LogP contribution in [-0.4, -0.2) is 28.0 Å². The molecule has 7 nitrogen and oxygen atoms in total. The summed E-state index contributed by atoms with van der Waals surface area (Å²) in [6.45, 7) is 2.28. The number of nitrogen functional groups attached to an aromatic ring is 1. The predicted molar refractivity (Wildman–Crippen MR) is 74.5 cm³/mol. The first-order chi connectivity index (χ1) is 9.72. The fourth-order valence-corrected chi connectivity index (χ4v) is 1.28. The van der Waals surface area contributed by atoms with Crippen molar-refractivity contribution in [3.63, 3.8) is 0 Å². The second-order valence-corrected chi connectivity index (χ2v) is 3.48. The number of anilines is 1. The van der Waals surface area contributed by atoms with E-state index in [0.29, 0.717) is 24.5 Å². The summed E-state index contributed by atoms with van der Waals surface area (Å²) >= 11 is 0. The van der Waals surface area contributed by atoms with Crippen molar-refractivity contribution < 1.29 is 14.6 Å². The minimum absolute atomic E-state index is 0.0886. The highest BCUT2D eigenvalue weighted by molar-refractivity contribution is 5.80. The average molecular weight is 276 g/mol. The van der Waals surface area contributed by atoms with Gasteiger partial charge in [0.2, 0.25) is 0 Å². The Morgan fingerprint density at radius 3 is 2.75 bits per heavy atom. The average Bonchev–Trinajstić information content (AvgIpc) is 2.51. The third kappa shape index (κ3) is 4.54. The first kappa shape index (κ1) is 15.4. The predicted octanol–water partition coefficient (Wildman–Crippen LogP) is 1.37. The van der Waals surface area contributed by atoms with Gasteiger partial charge in [-0.3, -0.25) is 4.79 Å². The largest absolute Gasteiger partial charge is 0.504 e. The van der Waals surface area contributed by atoms with Crippen LogP contribution >= 0.6 is 0 Å². The lowest BCUT2D eigenvalue weighted by Gasteiger charge is -2.05. The summed E-state index contributed by atoms with van der Waals surface area (Å²) in [4.78, 5) is 17.8. The number of para-hydroxylation sites is 1. The van der Waals surface area contributed by atoms with Gasteiger partial charge in [0.1, 0.15) is 12.1 Å². The van der Waals surface area contributed by atoms with Gasteiger partial charge in [-0.05, 0) is 19.1 Å². The Morgan fingerprint density at radius 2 is 2.25 bits per heavy atom. The van der Waals surface area contributed by atoms with Gasteiger partial charge in [-0.2, -0.15) is 0 Å². The highest BCUT2D eigenvalue weighted by Gasteiger charge is 2.05. The van der Waals surface area contributed by atoms with Crippen LogP contribution in [0.4, 0.5) is 5.82 Å². The third-order valence-electron chi connectivity index (χ3n) is 2.19. The van der Waals surface area contributed by atoms with Crippen LogP contribution in [0.3, 0.4) is 0 Å². The molecule has 20 heavy (non-hydrogen) atoms. The molecule has 0 spiro atoms. The summed E-state index contributed by atoms with van der Waals surface area (Å²) in [5.41, 5.74) is 2.63. The number of carbonyl (C=O) groups excluding carboxylic acids is 1. The molecule has 0 unspecified atom stereocenters. The number of aromatic nitrogens is 2. The van der Waals surface area contributed by atoms with Gasteiger partial charge in [0, 0.05) is 12.3 Å². The standard InChI is InChI=1S/C9H10O3.C4H6N4/c1-2-12-8-5-3-4-7(6-10)9(8)11;5-8-4-1-2-6-3-7-4/h3-6,11H,2H2,1H3;1-3H,5H2,(H,6,7,8). The number of carbonyl (C=O) groups is 1. The normalized spacial score (nSPS) is 9.10. The fraction of sp³-hybridized carbons (Fsp3) is 0.154. The summed E-state index contributed by atoms with van der Waals surface area (Å²) in [7, 11) is 0. The quantitative estimate of drug-likeness (QED) is 0.439. The number of phenolic OH excluding ortho intramolecular Hbond substituents is 1. The number of nitrogens with two attached hydrogens (primary N) is 1. The fourth-order valence-electron chi connectivity index (χ4n) is 1.28. The van der Waals surface area contributed by atoms with Gasteiger partial charge in [-0.1, -0.05) is 6.07 Å². The van der Waals surface area contributed by atoms with E-state index in [4.69, 9.17) is 10.6 Å². The van der Waals surface area contributed by atoms with Gasteiger partial charge in [-0.25, -0.2) is 15.8 Å². The topological polar surface area (TPSA) is 110 Å². The second-order valence-electron chi connectivity index (χ2n) is 3.48. The molecule has 1 aromatic heterocycles. The molecule has 0 aliphatic rings. The summed E-state index contributed by atoms with van der Waals surface area (Å²) < 4.78 is 5.07. The summed E-state index contributed by atoms with van der Waals surface area (Å²) in [6.07, 6.45) is 3.63. The van der Waals surface area contributed by atoms with Crippen molar-refractivity contribution in [2.45, 2.75) is 6.92 Å². The van der Waals surface area contributed by atoms with Crippen LogP contribution in [0.25, 0.3) is 0 Å². The van der Waals surface area contributed by atoms with E-state index in [9.17, 15) is 9.90 Å². The molecule has 4 N–H and O–H groups in total. The van der Waals surface area contributed by atoms with E-state index in [1.165, 1.54) is 12.4 Å². The van der Waals surface area contributed by atoms with Crippen molar-refractivity contribution in [3.05, 3.63) is 42.4 Å². The van der Waals surface area contributed by atoms with E-state index in [1.54, 1.807) is 24.4 Å². The Morgan fingerprint density at radius 1 is 1.45 bits per heavy atom. The maximum atomic E-state index is 10.4. The summed E-state index contributed by atoms with van der Waals surface area (Å²) in [5, 5.41) is 9.36. The SMILES string of the molecule is CCOc1cccc(C=O)c1O.NNc1ccncn1. The first-order valence-corrected chi connectivity index (χ1v) is 5.85. The summed E-state index contributed by atoms with van der Waals surface area (Å²) in [6, 6.07) is 6.49. The number of aromatic hydroxyl groups is 1. The van der Waals surface area contributed by atoms with Crippen molar-refractivity contribution in [3.8, 4) is 11.5 Å². The molecule has 2 rings (SSSR count). The molecule has 0 atom stereocenters. The Balaban J connectivity index is 0.000000217. The van der Waals surface area contributed by atoms with Crippen LogP contribution in [0.5, 0.6) is 11.5 Å². The maximum absolute atomic E-state index is 10.4. The highest BCUT2D eigenvalue weighted by Crippen LogP contribution is 2.28. The molecule has 0 saturated heterocycles. The van der Waals surface area contributed by atoms with E-state index in [1.807, 2.05) is 6.92 Å². The first-order valence-electron chi connectivity index (χ1n) is 5.85. The van der Waals surface area contributed by atoms with Gasteiger partial charge in [-0.15, -0.1) is 0 Å². The zero-order chi connectivity index (χ0) is 14.8. The van der Waals surface area contributed by atoms with Crippen LogP contribution < -0.4 is 16.0 Å². The number of nitrogens with one attached hydrogen (secondary N) is 1. The molecule has 0 radical (unpaired) electrons. The lowest BCUT2D eigenvalue weighted by molar-refractivity contribution is 0.112. The molecule has 106 valence electrons. The molecule has 0 fully saturated rings. The lowest BCUT2D eigenvalue weighted by atomic mass is 10.2. The van der Waals surface area contributed by atoms with Crippen LogP contribution in [0.2, 0.25) is 0 Å². The molecular formula is C13H16N4O3. The smallest absolute Gasteiger partial charge is 0.168 e. The van der Waals surface area contributed by atoms with Crippen LogP contribution in [-0.2, 0) is 0 Å². The van der Waals surface area contributed by atoms with Crippen LogP contribution in [0.15, 0.2) is 36.8 Å². The van der Waals surface area contributed by atoms with E-state index in [0.717, 1.165) is 0 Å². The maximum Gasteiger partial charge on any atom is 0.168 e. The molecule has 1 heterocycles. The molecule has 2 aromatic rings. The van der Waals surface area contributed by atoms with Gasteiger partial charge in [0.05, 0.1) is 12.2 Å². The molecule has 0 aliphatic heterocycles. The lowest BCUT2D eigenvalue weighted by Crippen LogP contribution is -2.07. The number of ether oxygens (including phenoxy) is 1. The van der Waals surface area contributed by atoms with Crippen molar-refractivity contribution in [1.82, 2.24) is 9.97 Å². The zero-order valence-electron chi connectivity index (χ0n) is 11.0. The van der Waals surface area contributed by atoms with Crippen molar-refractivity contribution in [1.29, 1.82) is 0 Å². The van der Waals surface area contributed by atoms with Gasteiger partial charge in [0.15, 0.2) is 17.8 Å². The van der Waals surface area contributed by atoms with Crippen LogP contribution in [0, 0.1) is 0 Å². The van der Waals surface area contributed by atoms with E-state index in [-0.39, 0.29) is 11.3 Å². The third-order valence-corrected chi connectivity index (χ3v) is 2.19. The molecular weight excluding hydrogens is 260 g/mol. The van der Waals surface area contributed by atoms with E-state index in [2.05, 4.69) is 15.4 Å². The Hall–Kier alpha value is -2.67. The van der Waals surface area contributed by atoms with Crippen LogP contribution in [0.1, 0.15) is 17.3 Å². The summed E-state index contributed by atoms with van der Waals surface area (Å²) in [5.74, 6) is 5.90. The number of hydrogen-bond donors (Lipinski definition) is 3. The van der Waals surface area contributed by atoms with Gasteiger partial charge >= 0.3 is 0 Å². The van der Waals surface area contributed by atoms with Gasteiger partial charge < -0.3 is 15.3 Å². The monoisotopic (exact) mass is 276 g/mol. The number of rotatable bonds is 4. The highest BCUT2D eigenvalue weighted by atomic mass is 16.5. The number of phenols is 1. The number of hydrazine groups is 1. The molecule has 0 saturated carbocycles. The zero-order valence-corrected chi connectivity index (χ0v) is 11.0. The molecule has 1 aromatic carbocycles. The molecule has 0 amide bonds. The number of hydrogen-bond acceptors (Lipinski definition) is 7. The Bertz CT molecular complexity index is 534. The minimum Gasteiger partial charge on any atom is -0.504 e. The van der Waals surface area contributed by atoms with Crippen molar-refractivity contribution in [2.75, 3.05) is 12.0 Å². The van der Waals surface area contributed by atoms with E-state index < -0.39 is 0 Å². The van der Waals surface area contributed by atoms with Crippen molar-refractivity contribution >= 4 is 12.1 Å². The molecule has 0 bridgehead atoms. The van der Waals surface area contributed by atoms with Crippen molar-refractivity contribution in [2.24, 2.45) is 5.84 Å². The molecule has 7 heteroatoms. The minimum atomic E-state index is -0.0886. The van der Waals surface area contributed by atoms with Gasteiger partial charge in [0.25, 0.3) is 0 Å². The number of benzene rings is 1. The van der Waals surface area contributed by atoms with E-state index >= 15 is 0 Å². The second kappa shape index (κ2) is 8.44. The number of aldehydes is 1. The Labute approximate surface area is 116 Å². The molecule has 0 aliphatic carbocycles. The Kier molecular flexibility index (Phi) is 6.49.